The number of hydrogen-bond donors (Lipinski definition) is 1. The van der Waals surface area contributed by atoms with Crippen molar-refractivity contribution in [3.63, 3.8) is 0 Å². The number of halogens is 3. The third kappa shape index (κ3) is 7.29. The number of amides is 1. The number of aromatic nitrogens is 1. The fraction of sp³-hybridized carbons (Fsp3) is 0.727. The van der Waals surface area contributed by atoms with Crippen molar-refractivity contribution in [1.82, 2.24) is 10.3 Å². The quantitative estimate of drug-likeness (QED) is 0.320. The molecule has 1 aliphatic heterocycles. The summed E-state index contributed by atoms with van der Waals surface area (Å²) in [7, 11) is -2.71. The average molecular weight is 521 g/mol. The van der Waals surface area contributed by atoms with Crippen LogP contribution in [0.4, 0.5) is 29.3 Å². The molecule has 1 fully saturated rings. The summed E-state index contributed by atoms with van der Waals surface area (Å²) in [5.74, 6) is -2.02. The molecule has 0 radical (unpaired) electrons. The lowest BCUT2D eigenvalue weighted by Crippen LogP contribution is -2.65. The van der Waals surface area contributed by atoms with Gasteiger partial charge in [0.1, 0.15) is 17.5 Å². The summed E-state index contributed by atoms with van der Waals surface area (Å²) >= 11 is 0. The normalized spacial score (nSPS) is 22.0. The number of carbonyl (C=O) groups excluding carboxylic acids is 1. The minimum atomic E-state index is -4.69. The fourth-order valence-electron chi connectivity index (χ4n) is 3.58. The van der Waals surface area contributed by atoms with Crippen LogP contribution in [0, 0.1) is 16.0 Å². The number of hydrogen-bond acceptors (Lipinski definition) is 7. The van der Waals surface area contributed by atoms with E-state index in [1.807, 2.05) is 33.9 Å². The van der Waals surface area contributed by atoms with Crippen LogP contribution in [0.2, 0.25) is 18.1 Å². The van der Waals surface area contributed by atoms with Gasteiger partial charge in [0.15, 0.2) is 8.32 Å². The molecule has 9 nitrogen and oxygen atoms in total. The molecule has 35 heavy (non-hydrogen) atoms. The lowest BCUT2D eigenvalue weighted by molar-refractivity contribution is -0.384. The molecule has 1 aliphatic rings. The van der Waals surface area contributed by atoms with Crippen LogP contribution in [-0.2, 0) is 9.16 Å². The predicted octanol–water partition coefficient (Wildman–Crippen LogP) is 5.27. The Morgan fingerprint density at radius 2 is 1.80 bits per heavy atom. The summed E-state index contributed by atoms with van der Waals surface area (Å²) in [6.07, 6.45) is -4.72. The van der Waals surface area contributed by atoms with E-state index in [-0.39, 0.29) is 17.3 Å². The summed E-state index contributed by atoms with van der Waals surface area (Å²) in [5, 5.41) is 13.7. The number of pyridine rings is 1. The number of piperidine rings is 1. The summed E-state index contributed by atoms with van der Waals surface area (Å²) in [5.41, 5.74) is -1.31. The Kier molecular flexibility index (Phi) is 8.17. The molecule has 2 heterocycles. The second-order valence-electron chi connectivity index (χ2n) is 11.3. The molecule has 1 N–H and O–H groups in total. The molecule has 1 aromatic rings. The third-order valence-electron chi connectivity index (χ3n) is 6.30. The van der Waals surface area contributed by atoms with Gasteiger partial charge in [0.2, 0.25) is 0 Å². The van der Waals surface area contributed by atoms with Gasteiger partial charge in [0.25, 0.3) is 0 Å². The van der Waals surface area contributed by atoms with Gasteiger partial charge in [-0.3, -0.25) is 15.1 Å². The van der Waals surface area contributed by atoms with Crippen molar-refractivity contribution in [2.45, 2.75) is 83.6 Å². The number of nitrogens with zero attached hydrogens (tertiary/aromatic N) is 3. The molecular formula is C22H35F3N4O5Si. The van der Waals surface area contributed by atoms with E-state index in [9.17, 15) is 28.1 Å². The number of alkyl halides is 3. The maximum absolute atomic E-state index is 14.4. The van der Waals surface area contributed by atoms with Gasteiger partial charge < -0.3 is 19.4 Å². The minimum absolute atomic E-state index is 0.0129. The summed E-state index contributed by atoms with van der Waals surface area (Å²) in [6, 6.07) is 0.151. The Morgan fingerprint density at radius 3 is 2.29 bits per heavy atom. The molecule has 1 saturated heterocycles. The highest BCUT2D eigenvalue weighted by Gasteiger charge is 2.55. The van der Waals surface area contributed by atoms with Gasteiger partial charge in [-0.2, -0.15) is 13.2 Å². The van der Waals surface area contributed by atoms with Crippen molar-refractivity contribution in [1.29, 1.82) is 0 Å². The van der Waals surface area contributed by atoms with Crippen LogP contribution in [0.5, 0.6) is 0 Å². The number of nitrogens with one attached hydrogen (secondary N) is 1. The van der Waals surface area contributed by atoms with Gasteiger partial charge in [-0.05, 0) is 45.0 Å². The smallest absolute Gasteiger partial charge is 0.408 e. The molecule has 3 atom stereocenters. The standard InChI is InChI=1S/C22H35F3N4O5Si/c1-20(2,3)33-19(30)27-15-13-28(16-9-10-26-11-17(16)29(31)32)12-14(22(23,24)25)18(15)34-35(7,8)21(4,5)6/h9-11,14-15,18H,12-13H2,1-8H3,(H,27,30)/t14-,15+,18+/m0/s1. The van der Waals surface area contributed by atoms with Crippen molar-refractivity contribution in [2.24, 2.45) is 5.92 Å². The molecule has 0 aromatic carbocycles. The monoisotopic (exact) mass is 520 g/mol. The first-order valence-electron chi connectivity index (χ1n) is 11.3. The van der Waals surface area contributed by atoms with Gasteiger partial charge in [0.05, 0.1) is 23.0 Å². The third-order valence-corrected chi connectivity index (χ3v) is 10.8. The van der Waals surface area contributed by atoms with E-state index >= 15 is 0 Å². The van der Waals surface area contributed by atoms with Crippen molar-refractivity contribution >= 4 is 25.8 Å². The van der Waals surface area contributed by atoms with E-state index in [4.69, 9.17) is 9.16 Å². The molecule has 0 spiro atoms. The van der Waals surface area contributed by atoms with Gasteiger partial charge in [0, 0.05) is 19.3 Å². The highest BCUT2D eigenvalue weighted by atomic mass is 28.4. The Morgan fingerprint density at radius 1 is 1.20 bits per heavy atom. The number of ether oxygens (including phenoxy) is 1. The Hall–Kier alpha value is -2.41. The number of carbonyl (C=O) groups is 1. The molecule has 2 rings (SSSR count). The van der Waals surface area contributed by atoms with Crippen LogP contribution in [0.1, 0.15) is 41.5 Å². The van der Waals surface area contributed by atoms with Gasteiger partial charge in [-0.25, -0.2) is 4.79 Å². The fourth-order valence-corrected chi connectivity index (χ4v) is 4.94. The molecule has 0 unspecified atom stereocenters. The maximum atomic E-state index is 14.4. The molecule has 0 aliphatic carbocycles. The Balaban J connectivity index is 2.55. The van der Waals surface area contributed by atoms with Crippen LogP contribution >= 0.6 is 0 Å². The molecule has 198 valence electrons. The van der Waals surface area contributed by atoms with Gasteiger partial charge in [-0.1, -0.05) is 20.8 Å². The molecular weight excluding hydrogens is 485 g/mol. The van der Waals surface area contributed by atoms with Crippen LogP contribution in [0.3, 0.4) is 0 Å². The minimum Gasteiger partial charge on any atom is -0.444 e. The van der Waals surface area contributed by atoms with Crippen LogP contribution in [0.15, 0.2) is 18.5 Å². The molecule has 1 amide bonds. The topological polar surface area (TPSA) is 107 Å². The number of alkyl carbamates (subject to hydrolysis) is 1. The molecule has 0 saturated carbocycles. The van der Waals surface area contributed by atoms with Gasteiger partial charge in [-0.15, -0.1) is 0 Å². The van der Waals surface area contributed by atoms with E-state index in [1.165, 1.54) is 17.2 Å². The highest BCUT2D eigenvalue weighted by Crippen LogP contribution is 2.43. The number of anilines is 1. The SMILES string of the molecule is CC(C)(C)OC(=O)N[C@@H]1CN(c2ccncc2[N+](=O)[O-])C[C@H](C(F)(F)F)[C@H]1O[Si](C)(C)C(C)(C)C. The number of rotatable bonds is 5. The van der Waals surface area contributed by atoms with E-state index in [1.54, 1.807) is 20.8 Å². The van der Waals surface area contributed by atoms with E-state index in [0.29, 0.717) is 0 Å². The number of nitro groups is 1. The van der Waals surface area contributed by atoms with E-state index < -0.39 is 61.4 Å². The van der Waals surface area contributed by atoms with Crippen LogP contribution in [-0.4, -0.2) is 61.3 Å². The Labute approximate surface area is 204 Å². The molecule has 0 bridgehead atoms. The lowest BCUT2D eigenvalue weighted by atomic mass is 9.89. The predicted molar refractivity (Wildman–Crippen MR) is 128 cm³/mol. The van der Waals surface area contributed by atoms with Crippen LogP contribution in [0.25, 0.3) is 0 Å². The average Bonchev–Trinajstić information content (AvgIpc) is 2.65. The first-order valence-corrected chi connectivity index (χ1v) is 14.2. The molecule has 13 heteroatoms. The zero-order valence-electron chi connectivity index (χ0n) is 21.4. The summed E-state index contributed by atoms with van der Waals surface area (Å²) < 4.78 is 54.8. The van der Waals surface area contributed by atoms with Crippen molar-refractivity contribution in [3.8, 4) is 0 Å². The first kappa shape index (κ1) is 28.8. The van der Waals surface area contributed by atoms with Crippen molar-refractivity contribution in [2.75, 3.05) is 18.0 Å². The van der Waals surface area contributed by atoms with E-state index in [0.717, 1.165) is 6.20 Å². The zero-order chi connectivity index (χ0) is 27.0. The zero-order valence-corrected chi connectivity index (χ0v) is 22.4. The largest absolute Gasteiger partial charge is 0.444 e. The Bertz CT molecular complexity index is 931. The lowest BCUT2D eigenvalue weighted by Gasteiger charge is -2.49. The second-order valence-corrected chi connectivity index (χ2v) is 16.0. The molecule has 1 aromatic heterocycles. The van der Waals surface area contributed by atoms with Crippen LogP contribution < -0.4 is 10.2 Å². The summed E-state index contributed by atoms with van der Waals surface area (Å²) in [6.45, 7) is 13.6. The maximum Gasteiger partial charge on any atom is 0.408 e. The second kappa shape index (κ2) is 9.92. The van der Waals surface area contributed by atoms with Crippen molar-refractivity contribution in [3.05, 3.63) is 28.6 Å². The highest BCUT2D eigenvalue weighted by molar-refractivity contribution is 6.74. The van der Waals surface area contributed by atoms with Gasteiger partial charge >= 0.3 is 18.0 Å². The first-order chi connectivity index (χ1) is 15.7. The van der Waals surface area contributed by atoms with E-state index in [2.05, 4.69) is 10.3 Å². The van der Waals surface area contributed by atoms with Crippen molar-refractivity contribution < 1.29 is 32.1 Å². The summed E-state index contributed by atoms with van der Waals surface area (Å²) in [4.78, 5) is 28.4.